The first-order valence-electron chi connectivity index (χ1n) is 8.73. The number of Topliss-reactive ketones (excluding diaryl/α,β-unsaturated/α-hetero) is 1. The minimum Gasteiger partial charge on any atom is -0.336 e. The highest BCUT2D eigenvalue weighted by atomic mass is 16.2. The number of aryl methyl sites for hydroxylation is 1. The van der Waals surface area contributed by atoms with Crippen molar-refractivity contribution in [1.82, 2.24) is 19.9 Å². The Morgan fingerprint density at radius 2 is 1.92 bits per heavy atom. The smallest absolute Gasteiger partial charge is 0.327 e. The molecule has 0 aliphatic heterocycles. The fraction of sp³-hybridized carbons (Fsp3) is 0.647. The predicted octanol–water partition coefficient (Wildman–Crippen LogP) is 2.05. The lowest BCUT2D eigenvalue weighted by atomic mass is 9.83. The molecule has 0 amide bonds. The van der Waals surface area contributed by atoms with Gasteiger partial charge in [0.25, 0.3) is 5.56 Å². The molecule has 0 bridgehead atoms. The van der Waals surface area contributed by atoms with Crippen LogP contribution < -0.4 is 11.2 Å². The lowest BCUT2D eigenvalue weighted by Gasteiger charge is -2.22. The summed E-state index contributed by atoms with van der Waals surface area (Å²) in [4.78, 5) is 46.5. The van der Waals surface area contributed by atoms with Crippen LogP contribution in [0.2, 0.25) is 0 Å². The summed E-state index contributed by atoms with van der Waals surface area (Å²) in [5, 5.41) is 0. The minimum absolute atomic E-state index is 0.242. The Kier molecular flexibility index (Phi) is 4.97. The number of rotatable bonds is 7. The zero-order valence-corrected chi connectivity index (χ0v) is 14.0. The summed E-state index contributed by atoms with van der Waals surface area (Å²) < 4.78 is 0. The van der Waals surface area contributed by atoms with Gasteiger partial charge in [0.05, 0.1) is 0 Å². The first-order valence-corrected chi connectivity index (χ1v) is 8.73. The molecule has 24 heavy (non-hydrogen) atoms. The van der Waals surface area contributed by atoms with E-state index in [-0.39, 0.29) is 5.78 Å². The molecule has 2 aromatic heterocycles. The van der Waals surface area contributed by atoms with Gasteiger partial charge in [0.15, 0.2) is 5.65 Å². The highest BCUT2D eigenvalue weighted by Gasteiger charge is 2.25. The summed E-state index contributed by atoms with van der Waals surface area (Å²) in [7, 11) is 0. The maximum Gasteiger partial charge on any atom is 0.327 e. The summed E-state index contributed by atoms with van der Waals surface area (Å²) in [5.41, 5.74) is -0.377. The van der Waals surface area contributed by atoms with Crippen molar-refractivity contribution >= 4 is 16.9 Å². The number of nitrogens with zero attached hydrogens (tertiary/aromatic N) is 1. The first-order chi connectivity index (χ1) is 11.5. The maximum atomic E-state index is 11.8. The summed E-state index contributed by atoms with van der Waals surface area (Å²) in [6.45, 7) is 1.65. The number of imidazole rings is 1. The van der Waals surface area contributed by atoms with Gasteiger partial charge in [-0.3, -0.25) is 14.8 Å². The van der Waals surface area contributed by atoms with E-state index < -0.39 is 11.2 Å². The predicted molar refractivity (Wildman–Crippen MR) is 91.0 cm³/mol. The van der Waals surface area contributed by atoms with E-state index >= 15 is 0 Å². The van der Waals surface area contributed by atoms with E-state index in [4.69, 9.17) is 0 Å². The van der Waals surface area contributed by atoms with Crippen molar-refractivity contribution in [2.24, 2.45) is 11.8 Å². The van der Waals surface area contributed by atoms with Gasteiger partial charge in [-0.25, -0.2) is 9.78 Å². The second kappa shape index (κ2) is 7.15. The lowest BCUT2D eigenvalue weighted by molar-refractivity contribution is -0.117. The molecule has 1 atom stereocenters. The molecule has 0 radical (unpaired) electrons. The van der Waals surface area contributed by atoms with Gasteiger partial charge in [-0.1, -0.05) is 25.7 Å². The Balaban J connectivity index is 1.71. The molecule has 0 saturated heterocycles. The SMILES string of the molecule is CC(=O)CCC(CCc1nc2[nH]c(=O)[nH]c(=O)c2[nH]1)C1CCCC1. The van der Waals surface area contributed by atoms with Gasteiger partial charge in [-0.2, -0.15) is 0 Å². The van der Waals surface area contributed by atoms with Crippen LogP contribution >= 0.6 is 0 Å². The Labute approximate surface area is 139 Å². The van der Waals surface area contributed by atoms with Crippen LogP contribution in [0, 0.1) is 11.8 Å². The van der Waals surface area contributed by atoms with E-state index in [1.54, 1.807) is 6.92 Å². The molecule has 1 aliphatic carbocycles. The van der Waals surface area contributed by atoms with Crippen molar-refractivity contribution in [3.05, 3.63) is 26.7 Å². The van der Waals surface area contributed by atoms with E-state index in [0.29, 0.717) is 35.2 Å². The molecule has 3 rings (SSSR count). The second-order valence-electron chi connectivity index (χ2n) is 6.90. The van der Waals surface area contributed by atoms with E-state index in [1.807, 2.05) is 0 Å². The van der Waals surface area contributed by atoms with Crippen LogP contribution in [0.4, 0.5) is 0 Å². The lowest BCUT2D eigenvalue weighted by Crippen LogP contribution is -2.21. The van der Waals surface area contributed by atoms with Crippen molar-refractivity contribution in [3.63, 3.8) is 0 Å². The molecule has 0 spiro atoms. The second-order valence-corrected chi connectivity index (χ2v) is 6.90. The number of nitrogens with one attached hydrogen (secondary N) is 3. The zero-order chi connectivity index (χ0) is 17.1. The van der Waals surface area contributed by atoms with Crippen molar-refractivity contribution < 1.29 is 4.79 Å². The van der Waals surface area contributed by atoms with E-state index in [2.05, 4.69) is 19.9 Å². The van der Waals surface area contributed by atoms with E-state index in [9.17, 15) is 14.4 Å². The molecule has 2 aromatic rings. The maximum absolute atomic E-state index is 11.8. The third-order valence-electron chi connectivity index (χ3n) is 5.12. The Bertz CT molecular complexity index is 826. The molecule has 1 fully saturated rings. The number of aromatic amines is 3. The number of carbonyl (C=O) groups excluding carboxylic acids is 1. The van der Waals surface area contributed by atoms with E-state index in [0.717, 1.165) is 19.3 Å². The van der Waals surface area contributed by atoms with Gasteiger partial charge in [-0.15, -0.1) is 0 Å². The summed E-state index contributed by atoms with van der Waals surface area (Å²) in [6, 6.07) is 0. The normalized spacial score (nSPS) is 16.7. The molecule has 0 aromatic carbocycles. The molecule has 130 valence electrons. The van der Waals surface area contributed by atoms with Crippen molar-refractivity contribution in [2.75, 3.05) is 0 Å². The monoisotopic (exact) mass is 332 g/mol. The zero-order valence-electron chi connectivity index (χ0n) is 14.0. The highest BCUT2D eigenvalue weighted by molar-refractivity contribution is 5.75. The fourth-order valence-corrected chi connectivity index (χ4v) is 3.86. The minimum atomic E-state index is -0.546. The van der Waals surface area contributed by atoms with Crippen LogP contribution in [0.1, 0.15) is 57.7 Å². The van der Waals surface area contributed by atoms with E-state index in [1.165, 1.54) is 25.7 Å². The number of H-pyrrole nitrogens is 3. The van der Waals surface area contributed by atoms with Gasteiger partial charge >= 0.3 is 5.69 Å². The number of ketones is 1. The molecule has 2 heterocycles. The quantitative estimate of drug-likeness (QED) is 0.720. The Morgan fingerprint density at radius 3 is 2.62 bits per heavy atom. The van der Waals surface area contributed by atoms with Crippen LogP contribution in [0.3, 0.4) is 0 Å². The third kappa shape index (κ3) is 3.83. The van der Waals surface area contributed by atoms with Gasteiger partial charge in [-0.05, 0) is 31.6 Å². The molecule has 1 aliphatic rings. The number of hydrogen-bond acceptors (Lipinski definition) is 4. The van der Waals surface area contributed by atoms with Crippen molar-refractivity contribution in [2.45, 2.75) is 58.3 Å². The fourth-order valence-electron chi connectivity index (χ4n) is 3.86. The Hall–Kier alpha value is -2.18. The summed E-state index contributed by atoms with van der Waals surface area (Å²) in [5.74, 6) is 2.16. The molecular formula is C17H24N4O3. The summed E-state index contributed by atoms with van der Waals surface area (Å²) in [6.07, 6.45) is 8.28. The molecule has 1 unspecified atom stereocenters. The molecular weight excluding hydrogens is 308 g/mol. The third-order valence-corrected chi connectivity index (χ3v) is 5.12. The van der Waals surface area contributed by atoms with Gasteiger partial charge in [0.2, 0.25) is 0 Å². The highest BCUT2D eigenvalue weighted by Crippen LogP contribution is 2.36. The first kappa shape index (κ1) is 16.7. The summed E-state index contributed by atoms with van der Waals surface area (Å²) >= 11 is 0. The van der Waals surface area contributed by atoms with Crippen LogP contribution in [0.15, 0.2) is 9.59 Å². The number of carbonyl (C=O) groups is 1. The number of aromatic nitrogens is 4. The van der Waals surface area contributed by atoms with Crippen LogP contribution in [-0.4, -0.2) is 25.7 Å². The molecule has 7 heteroatoms. The number of fused-ring (bicyclic) bond motifs is 1. The molecule has 1 saturated carbocycles. The van der Waals surface area contributed by atoms with Crippen molar-refractivity contribution in [3.8, 4) is 0 Å². The Morgan fingerprint density at radius 1 is 1.17 bits per heavy atom. The van der Waals surface area contributed by atoms with Gasteiger partial charge in [0, 0.05) is 12.8 Å². The topological polar surface area (TPSA) is 111 Å². The molecule has 7 nitrogen and oxygen atoms in total. The average molecular weight is 332 g/mol. The standard InChI is InChI=1S/C17H24N4O3/c1-10(22)6-7-12(11-4-2-3-5-11)8-9-13-18-14-15(19-13)20-17(24)21-16(14)23/h11-12H,2-9H2,1H3,(H3,18,19,20,21,23,24). The van der Waals surface area contributed by atoms with Gasteiger partial charge in [0.1, 0.15) is 17.1 Å². The average Bonchev–Trinajstić information content (AvgIpc) is 3.16. The van der Waals surface area contributed by atoms with Crippen LogP contribution in [-0.2, 0) is 11.2 Å². The van der Waals surface area contributed by atoms with Crippen LogP contribution in [0.5, 0.6) is 0 Å². The van der Waals surface area contributed by atoms with Crippen molar-refractivity contribution in [1.29, 1.82) is 0 Å². The van der Waals surface area contributed by atoms with Gasteiger partial charge < -0.3 is 9.78 Å². The number of hydrogen-bond donors (Lipinski definition) is 3. The van der Waals surface area contributed by atoms with Crippen LogP contribution in [0.25, 0.3) is 11.2 Å². The molecule has 3 N–H and O–H groups in total. The largest absolute Gasteiger partial charge is 0.336 e.